The Kier molecular flexibility index (Phi) is 6.32. The van der Waals surface area contributed by atoms with E-state index in [1.807, 2.05) is 0 Å². The summed E-state index contributed by atoms with van der Waals surface area (Å²) >= 11 is 0. The maximum Gasteiger partial charge on any atom is 0.352 e. The molecule has 2 fully saturated rings. The molecule has 3 heterocycles. The lowest BCUT2D eigenvalue weighted by atomic mass is 10.1. The number of fused-ring (bicyclic) bond motifs is 1. The molecule has 2 aromatic rings. The fraction of sp³-hybridized carbons (Fsp3) is 0.579. The van der Waals surface area contributed by atoms with E-state index in [0.717, 1.165) is 32.3 Å². The third-order valence-corrected chi connectivity index (χ3v) is 5.81. The molecule has 2 aromatic heterocycles. The minimum absolute atomic E-state index is 0.191. The highest BCUT2D eigenvalue weighted by Gasteiger charge is 2.44. The Hall–Kier alpha value is -2.03. The predicted octanol–water partition coefficient (Wildman–Crippen LogP) is 1.15. The maximum absolute atomic E-state index is 11.2. The fourth-order valence-corrected chi connectivity index (χ4v) is 4.23. The van der Waals surface area contributed by atoms with Gasteiger partial charge in [0.1, 0.15) is 36.4 Å². The number of nitrogens with one attached hydrogen (secondary N) is 1. The third kappa shape index (κ3) is 4.76. The zero-order valence-electron chi connectivity index (χ0n) is 16.9. The number of hydrogen-bond donors (Lipinski definition) is 4. The van der Waals surface area contributed by atoms with E-state index in [4.69, 9.17) is 20.9 Å². The Morgan fingerprint density at radius 3 is 2.77 bits per heavy atom. The molecule has 0 spiro atoms. The average Bonchev–Trinajstić information content (AvgIpc) is 3.43. The Balaban J connectivity index is 1.59. The van der Waals surface area contributed by atoms with Crippen LogP contribution in [-0.4, -0.2) is 67.3 Å². The molecule has 1 saturated heterocycles. The lowest BCUT2D eigenvalue weighted by Gasteiger charge is -2.18. The molecule has 0 amide bonds. The van der Waals surface area contributed by atoms with Crippen LogP contribution in [0.4, 0.5) is 5.82 Å². The first-order valence-corrected chi connectivity index (χ1v) is 12.0. The van der Waals surface area contributed by atoms with Gasteiger partial charge in [0.15, 0.2) is 6.23 Å². The molecule has 0 radical (unpaired) electrons. The first-order valence-electron chi connectivity index (χ1n) is 10.0. The van der Waals surface area contributed by atoms with Crippen molar-refractivity contribution in [2.24, 2.45) is 0 Å². The van der Waals surface area contributed by atoms with Crippen molar-refractivity contribution >= 4 is 24.4 Å². The maximum atomic E-state index is 11.2. The van der Waals surface area contributed by atoms with Crippen molar-refractivity contribution in [3.05, 3.63) is 18.1 Å². The van der Waals surface area contributed by atoms with E-state index in [9.17, 15) is 14.8 Å². The van der Waals surface area contributed by atoms with Gasteiger partial charge < -0.3 is 29.7 Å². The van der Waals surface area contributed by atoms with Gasteiger partial charge in [0, 0.05) is 18.9 Å². The smallest absolute Gasteiger partial charge is 0.352 e. The van der Waals surface area contributed by atoms with Gasteiger partial charge in [-0.25, -0.2) is 14.9 Å². The fourth-order valence-electron chi connectivity index (χ4n) is 3.97. The predicted molar refractivity (Wildman–Crippen MR) is 110 cm³/mol. The number of hydrogen-bond acceptors (Lipinski definition) is 9. The standard InChI is InChI=1S/C19H25N4O7P/c1-3-14-21-17(20-11-6-4-5-7-11)12-8-9-23(18(12)22-14)19-16(25)15(24)13(29-19)10-28-30-31(2,26)27/h1,8-9,11,13,15-16,19,24-25H,4-7,10H2,2H3,(H,26,27)(H,20,21,22)/t13-,15-,16-,19-/m1/s1. The molecular weight excluding hydrogens is 427 g/mol. The van der Waals surface area contributed by atoms with Crippen LogP contribution in [0.15, 0.2) is 12.3 Å². The van der Waals surface area contributed by atoms with E-state index in [2.05, 4.69) is 25.9 Å². The average molecular weight is 452 g/mol. The number of terminal acetylenes is 1. The van der Waals surface area contributed by atoms with Crippen molar-refractivity contribution < 1.29 is 34.0 Å². The summed E-state index contributed by atoms with van der Waals surface area (Å²) in [5.74, 6) is 3.26. The Morgan fingerprint density at radius 2 is 2.10 bits per heavy atom. The number of aliphatic hydroxyl groups excluding tert-OH is 2. The lowest BCUT2D eigenvalue weighted by Crippen LogP contribution is -2.33. The molecule has 31 heavy (non-hydrogen) atoms. The van der Waals surface area contributed by atoms with Crippen LogP contribution in [-0.2, 0) is 18.9 Å². The molecule has 1 aliphatic carbocycles. The van der Waals surface area contributed by atoms with Crippen molar-refractivity contribution in [1.29, 1.82) is 0 Å². The first-order chi connectivity index (χ1) is 14.8. The summed E-state index contributed by atoms with van der Waals surface area (Å²) in [6.45, 7) is 0.605. The van der Waals surface area contributed by atoms with Crippen molar-refractivity contribution in [2.75, 3.05) is 18.6 Å². The molecule has 1 saturated carbocycles. The molecule has 1 unspecified atom stereocenters. The number of anilines is 1. The highest BCUT2D eigenvalue weighted by atomic mass is 31.2. The zero-order chi connectivity index (χ0) is 22.2. The molecule has 4 N–H and O–H groups in total. The summed E-state index contributed by atoms with van der Waals surface area (Å²) in [6, 6.07) is 2.10. The Labute approximate surface area is 178 Å². The van der Waals surface area contributed by atoms with Gasteiger partial charge in [0.05, 0.1) is 5.39 Å². The van der Waals surface area contributed by atoms with Gasteiger partial charge in [-0.2, -0.15) is 0 Å². The molecule has 4 rings (SSSR count). The summed E-state index contributed by atoms with van der Waals surface area (Å²) < 4.78 is 22.9. The third-order valence-electron chi connectivity index (χ3n) is 5.43. The molecular formula is C19H25N4O7P. The second-order valence-corrected chi connectivity index (χ2v) is 9.59. The van der Waals surface area contributed by atoms with Gasteiger partial charge in [-0.15, -0.1) is 11.1 Å². The largest absolute Gasteiger partial charge is 0.387 e. The quantitative estimate of drug-likeness (QED) is 0.209. The van der Waals surface area contributed by atoms with Crippen LogP contribution in [0, 0.1) is 12.3 Å². The molecule has 0 aromatic carbocycles. The second-order valence-electron chi connectivity index (χ2n) is 7.83. The topological polar surface area (TPSA) is 148 Å². The van der Waals surface area contributed by atoms with Crippen LogP contribution in [0.3, 0.4) is 0 Å². The molecule has 12 heteroatoms. The number of aromatic nitrogens is 3. The molecule has 11 nitrogen and oxygen atoms in total. The van der Waals surface area contributed by atoms with Crippen LogP contribution >= 0.6 is 7.60 Å². The molecule has 1 aliphatic heterocycles. The molecule has 2 aliphatic rings. The van der Waals surface area contributed by atoms with E-state index in [1.165, 1.54) is 0 Å². The molecule has 0 bridgehead atoms. The molecule has 168 valence electrons. The summed E-state index contributed by atoms with van der Waals surface area (Å²) in [5.41, 5.74) is 0.450. The number of ether oxygens (including phenoxy) is 1. The van der Waals surface area contributed by atoms with Gasteiger partial charge >= 0.3 is 7.60 Å². The van der Waals surface area contributed by atoms with Crippen LogP contribution in [0.1, 0.15) is 37.7 Å². The van der Waals surface area contributed by atoms with E-state index < -0.39 is 32.1 Å². The summed E-state index contributed by atoms with van der Waals surface area (Å²) in [6.07, 6.45) is 7.05. The lowest BCUT2D eigenvalue weighted by molar-refractivity contribution is -0.238. The minimum Gasteiger partial charge on any atom is -0.387 e. The Bertz CT molecular complexity index is 1030. The number of nitrogens with zero attached hydrogens (tertiary/aromatic N) is 3. The minimum atomic E-state index is -3.85. The van der Waals surface area contributed by atoms with Crippen molar-refractivity contribution in [3.8, 4) is 12.3 Å². The summed E-state index contributed by atoms with van der Waals surface area (Å²) in [7, 11) is -3.85. The SMILES string of the molecule is C#Cc1nc(NC2CCCC2)c2ccn([C@@H]3O[C@H](COOP(C)(=O)O)[C@@H](O)[C@H]3O)c2n1. The number of aliphatic hydroxyl groups is 2. The van der Waals surface area contributed by atoms with E-state index in [-0.39, 0.29) is 12.4 Å². The van der Waals surface area contributed by atoms with E-state index in [1.54, 1.807) is 16.8 Å². The van der Waals surface area contributed by atoms with Crippen LogP contribution in [0.2, 0.25) is 0 Å². The highest BCUT2D eigenvalue weighted by molar-refractivity contribution is 7.51. The summed E-state index contributed by atoms with van der Waals surface area (Å²) in [5, 5.41) is 25.0. The molecule has 5 atom stereocenters. The second kappa shape index (κ2) is 8.84. The van der Waals surface area contributed by atoms with Crippen molar-refractivity contribution in [1.82, 2.24) is 14.5 Å². The van der Waals surface area contributed by atoms with Gasteiger partial charge in [0.25, 0.3) is 0 Å². The first kappa shape index (κ1) is 22.2. The van der Waals surface area contributed by atoms with Crippen molar-refractivity contribution in [2.45, 2.75) is 56.3 Å². The normalized spacial score (nSPS) is 28.6. The zero-order valence-corrected chi connectivity index (χ0v) is 17.8. The van der Waals surface area contributed by atoms with Gasteiger partial charge in [-0.05, 0) is 24.8 Å². The van der Waals surface area contributed by atoms with Crippen molar-refractivity contribution in [3.63, 3.8) is 0 Å². The van der Waals surface area contributed by atoms with Crippen LogP contribution < -0.4 is 5.32 Å². The van der Waals surface area contributed by atoms with E-state index in [0.29, 0.717) is 22.9 Å². The van der Waals surface area contributed by atoms with Gasteiger partial charge in [-0.1, -0.05) is 12.8 Å². The number of rotatable bonds is 7. The van der Waals surface area contributed by atoms with Gasteiger partial charge in [0.2, 0.25) is 5.82 Å². The monoisotopic (exact) mass is 452 g/mol. The highest BCUT2D eigenvalue weighted by Crippen LogP contribution is 2.38. The van der Waals surface area contributed by atoms with Gasteiger partial charge in [-0.3, -0.25) is 4.57 Å². The van der Waals surface area contributed by atoms with E-state index >= 15 is 0 Å². The summed E-state index contributed by atoms with van der Waals surface area (Å²) in [4.78, 5) is 22.6. The van der Waals surface area contributed by atoms with Crippen LogP contribution in [0.5, 0.6) is 0 Å². The van der Waals surface area contributed by atoms with Crippen LogP contribution in [0.25, 0.3) is 11.0 Å². The Morgan fingerprint density at radius 1 is 1.35 bits per heavy atom.